The van der Waals surface area contributed by atoms with E-state index in [1.165, 1.54) is 28.4 Å². The van der Waals surface area contributed by atoms with Gasteiger partial charge in [-0.1, -0.05) is 0 Å². The Morgan fingerprint density at radius 1 is 1.02 bits per heavy atom. The van der Waals surface area contributed by atoms with E-state index in [4.69, 9.17) is 9.40 Å². The quantitative estimate of drug-likeness (QED) is 0.280. The Morgan fingerprint density at radius 3 is 2.55 bits per heavy atom. The van der Waals surface area contributed by atoms with Crippen LogP contribution in [0.2, 0.25) is 0 Å². The molecule has 1 aliphatic rings. The fourth-order valence-corrected chi connectivity index (χ4v) is 5.73. The molecular weight excluding hydrogens is 552 g/mol. The second-order valence-corrected chi connectivity index (χ2v) is 10.8. The molecule has 0 aliphatic carbocycles. The zero-order valence-electron chi connectivity index (χ0n) is 22.6. The number of thiazole rings is 1. The SMILES string of the molecule is CN(c1ccc(Nc2ncc3cc(-c4cnc(-c5ncco5)nc4)c(=O)n(-c4nccs4)c3n2)cc1)C1CCNCC1. The molecule has 13 heteroatoms. The van der Waals surface area contributed by atoms with E-state index in [9.17, 15) is 4.79 Å². The third kappa shape index (κ3) is 4.99. The fourth-order valence-electron chi connectivity index (χ4n) is 5.09. The summed E-state index contributed by atoms with van der Waals surface area (Å²) in [7, 11) is 2.15. The highest BCUT2D eigenvalue weighted by molar-refractivity contribution is 7.12. The predicted molar refractivity (Wildman–Crippen MR) is 161 cm³/mol. The molecule has 0 atom stereocenters. The molecule has 1 aromatic carbocycles. The summed E-state index contributed by atoms with van der Waals surface area (Å²) in [5.41, 5.74) is 3.10. The number of nitrogens with one attached hydrogen (secondary N) is 2. The van der Waals surface area contributed by atoms with Crippen molar-refractivity contribution in [3.63, 3.8) is 0 Å². The highest BCUT2D eigenvalue weighted by Gasteiger charge is 2.19. The number of fused-ring (bicyclic) bond motifs is 1. The second-order valence-electron chi connectivity index (χ2n) is 9.88. The summed E-state index contributed by atoms with van der Waals surface area (Å²) in [4.78, 5) is 42.6. The number of pyridine rings is 1. The van der Waals surface area contributed by atoms with Gasteiger partial charge < -0.3 is 20.0 Å². The van der Waals surface area contributed by atoms with Gasteiger partial charge in [-0.2, -0.15) is 4.98 Å². The van der Waals surface area contributed by atoms with Crippen LogP contribution in [0.25, 0.3) is 39.0 Å². The van der Waals surface area contributed by atoms with Gasteiger partial charge in [-0.05, 0) is 56.3 Å². The van der Waals surface area contributed by atoms with Gasteiger partial charge in [-0.3, -0.25) is 4.79 Å². The maximum Gasteiger partial charge on any atom is 0.266 e. The Labute approximate surface area is 244 Å². The van der Waals surface area contributed by atoms with Crippen molar-refractivity contribution in [3.8, 4) is 28.0 Å². The highest BCUT2D eigenvalue weighted by atomic mass is 32.1. The van der Waals surface area contributed by atoms with Crippen molar-refractivity contribution in [2.45, 2.75) is 18.9 Å². The van der Waals surface area contributed by atoms with E-state index < -0.39 is 0 Å². The number of piperidine rings is 1. The van der Waals surface area contributed by atoms with Crippen LogP contribution in [0.4, 0.5) is 17.3 Å². The minimum atomic E-state index is -0.292. The van der Waals surface area contributed by atoms with Crippen LogP contribution in [-0.2, 0) is 0 Å². The Balaban J connectivity index is 1.21. The molecule has 6 heterocycles. The lowest BCUT2D eigenvalue weighted by Crippen LogP contribution is -2.41. The molecule has 0 radical (unpaired) electrons. The zero-order valence-corrected chi connectivity index (χ0v) is 23.5. The van der Waals surface area contributed by atoms with E-state index in [0.717, 1.165) is 37.3 Å². The molecule has 0 spiro atoms. The molecule has 0 amide bonds. The Bertz CT molecular complexity index is 1870. The number of nitrogens with zero attached hydrogens (tertiary/aromatic N) is 8. The average Bonchev–Trinajstić information content (AvgIpc) is 3.77. The molecule has 0 bridgehead atoms. The topological polar surface area (TPSA) is 140 Å². The first-order valence-electron chi connectivity index (χ1n) is 13.5. The number of anilines is 3. The molecule has 0 unspecified atom stereocenters. The van der Waals surface area contributed by atoms with Gasteiger partial charge in [0, 0.05) is 65.6 Å². The lowest BCUT2D eigenvalue weighted by Gasteiger charge is -2.33. The molecule has 12 nitrogen and oxygen atoms in total. The van der Waals surface area contributed by atoms with Gasteiger partial charge in [0.05, 0.1) is 11.8 Å². The summed E-state index contributed by atoms with van der Waals surface area (Å²) in [5, 5.41) is 9.68. The summed E-state index contributed by atoms with van der Waals surface area (Å²) in [5.74, 6) is 1.00. The molecule has 210 valence electrons. The highest BCUT2D eigenvalue weighted by Crippen LogP contribution is 2.26. The molecule has 2 N–H and O–H groups in total. The van der Waals surface area contributed by atoms with E-state index in [1.54, 1.807) is 30.9 Å². The van der Waals surface area contributed by atoms with Gasteiger partial charge in [-0.25, -0.2) is 29.5 Å². The zero-order chi connectivity index (χ0) is 28.5. The van der Waals surface area contributed by atoms with Crippen LogP contribution in [0, 0.1) is 0 Å². The first kappa shape index (κ1) is 25.9. The number of oxazole rings is 1. The second kappa shape index (κ2) is 11.1. The minimum Gasteiger partial charge on any atom is -0.442 e. The maximum atomic E-state index is 13.9. The van der Waals surface area contributed by atoms with Crippen LogP contribution in [0.15, 0.2) is 82.2 Å². The fraction of sp³-hybridized carbons (Fsp3) is 0.207. The van der Waals surface area contributed by atoms with Crippen molar-refractivity contribution < 1.29 is 4.42 Å². The number of hydrogen-bond donors (Lipinski definition) is 2. The lowest BCUT2D eigenvalue weighted by molar-refractivity contribution is 0.443. The summed E-state index contributed by atoms with van der Waals surface area (Å²) in [6.45, 7) is 2.09. The van der Waals surface area contributed by atoms with E-state index in [0.29, 0.717) is 51.0 Å². The average molecular weight is 579 g/mol. The summed E-state index contributed by atoms with van der Waals surface area (Å²) in [6.07, 6.45) is 11.7. The first-order chi connectivity index (χ1) is 20.6. The molecule has 7 rings (SSSR count). The normalized spacial score (nSPS) is 13.8. The van der Waals surface area contributed by atoms with Crippen molar-refractivity contribution >= 4 is 39.7 Å². The van der Waals surface area contributed by atoms with Crippen LogP contribution >= 0.6 is 11.3 Å². The predicted octanol–water partition coefficient (Wildman–Crippen LogP) is 4.28. The number of rotatable bonds is 7. The van der Waals surface area contributed by atoms with Crippen LogP contribution in [0.5, 0.6) is 0 Å². The van der Waals surface area contributed by atoms with Gasteiger partial charge in [0.1, 0.15) is 6.26 Å². The molecule has 0 saturated carbocycles. The van der Waals surface area contributed by atoms with Crippen molar-refractivity contribution in [2.24, 2.45) is 0 Å². The van der Waals surface area contributed by atoms with Crippen LogP contribution < -0.4 is 21.1 Å². The van der Waals surface area contributed by atoms with Gasteiger partial charge in [0.2, 0.25) is 11.8 Å². The molecule has 5 aromatic heterocycles. The van der Waals surface area contributed by atoms with E-state index in [-0.39, 0.29) is 5.56 Å². The Kier molecular flexibility index (Phi) is 6.85. The summed E-state index contributed by atoms with van der Waals surface area (Å²) in [6, 6.07) is 10.5. The largest absolute Gasteiger partial charge is 0.442 e. The van der Waals surface area contributed by atoms with E-state index >= 15 is 0 Å². The smallest absolute Gasteiger partial charge is 0.266 e. The third-order valence-corrected chi connectivity index (χ3v) is 8.08. The molecule has 1 aliphatic heterocycles. The van der Waals surface area contributed by atoms with Crippen LogP contribution in [-0.4, -0.2) is 60.6 Å². The number of benzene rings is 1. The standard InChI is InChI=1S/C29H26N10O2S/c1-38(22-6-8-30-9-7-22)21-4-2-20(3-5-21)36-28-35-15-18-14-23(19-16-33-24(34-17-19)26-31-10-12-41-26)27(40)39(25(18)37-28)29-32-11-13-42-29/h2-5,10-17,22,30H,6-9H2,1H3,(H,35,36,37). The monoisotopic (exact) mass is 578 g/mol. The van der Waals surface area contributed by atoms with Crippen molar-refractivity contribution in [1.29, 1.82) is 0 Å². The molecule has 6 aromatic rings. The van der Waals surface area contributed by atoms with E-state index in [2.05, 4.69) is 59.6 Å². The lowest BCUT2D eigenvalue weighted by atomic mass is 10.0. The molecule has 42 heavy (non-hydrogen) atoms. The van der Waals surface area contributed by atoms with Gasteiger partial charge >= 0.3 is 0 Å². The number of hydrogen-bond acceptors (Lipinski definition) is 12. The van der Waals surface area contributed by atoms with Crippen LogP contribution in [0.1, 0.15) is 12.8 Å². The molecule has 1 saturated heterocycles. The first-order valence-corrected chi connectivity index (χ1v) is 14.4. The summed E-state index contributed by atoms with van der Waals surface area (Å²) < 4.78 is 6.78. The maximum absolute atomic E-state index is 13.9. The van der Waals surface area contributed by atoms with E-state index in [1.807, 2.05) is 17.5 Å². The minimum absolute atomic E-state index is 0.292. The van der Waals surface area contributed by atoms with Crippen molar-refractivity contribution in [3.05, 3.63) is 83.3 Å². The van der Waals surface area contributed by atoms with Gasteiger partial charge in [-0.15, -0.1) is 11.3 Å². The Hall–Kier alpha value is -5.01. The van der Waals surface area contributed by atoms with Crippen molar-refractivity contribution in [1.82, 2.24) is 39.8 Å². The third-order valence-electron chi connectivity index (χ3n) is 7.33. The van der Waals surface area contributed by atoms with Gasteiger partial charge in [0.15, 0.2) is 10.8 Å². The van der Waals surface area contributed by atoms with Crippen LogP contribution in [0.3, 0.4) is 0 Å². The Morgan fingerprint density at radius 2 is 1.83 bits per heavy atom. The van der Waals surface area contributed by atoms with Crippen molar-refractivity contribution in [2.75, 3.05) is 30.4 Å². The van der Waals surface area contributed by atoms with Gasteiger partial charge in [0.25, 0.3) is 11.4 Å². The molecule has 1 fully saturated rings. The number of aromatic nitrogens is 7. The molecular formula is C29H26N10O2S. The summed E-state index contributed by atoms with van der Waals surface area (Å²) >= 11 is 1.35.